The monoisotopic (exact) mass is 350 g/mol. The van der Waals surface area contributed by atoms with Gasteiger partial charge in [0.1, 0.15) is 0 Å². The maximum absolute atomic E-state index is 4.52. The van der Waals surface area contributed by atoms with Gasteiger partial charge in [0.2, 0.25) is 17.8 Å². The molecule has 0 aliphatic heterocycles. The molecule has 1 aromatic heterocycles. The van der Waals surface area contributed by atoms with Gasteiger partial charge in [0.25, 0.3) is 0 Å². The molecule has 25 heavy (non-hydrogen) atoms. The van der Waals surface area contributed by atoms with E-state index < -0.39 is 0 Å². The van der Waals surface area contributed by atoms with Gasteiger partial charge in [0, 0.05) is 18.6 Å². The Bertz CT molecular complexity index is 496. The highest BCUT2D eigenvalue weighted by Gasteiger charge is 2.15. The number of anilines is 3. The SMILES string of the molecule is CC(C)(C)CCNc1nc(NCCC(C)(C)C)nc(NC(C)(C)C)n1. The van der Waals surface area contributed by atoms with Crippen LogP contribution in [0.5, 0.6) is 0 Å². The Morgan fingerprint density at radius 2 is 0.960 bits per heavy atom. The lowest BCUT2D eigenvalue weighted by Gasteiger charge is -2.22. The number of nitrogens with zero attached hydrogens (tertiary/aromatic N) is 3. The van der Waals surface area contributed by atoms with Crippen molar-refractivity contribution in [2.75, 3.05) is 29.0 Å². The lowest BCUT2D eigenvalue weighted by atomic mass is 9.92. The Morgan fingerprint density at radius 1 is 0.600 bits per heavy atom. The zero-order valence-electron chi connectivity index (χ0n) is 17.7. The maximum atomic E-state index is 4.52. The molecule has 0 aliphatic carbocycles. The van der Waals surface area contributed by atoms with Crippen LogP contribution in [-0.4, -0.2) is 33.6 Å². The molecular weight excluding hydrogens is 312 g/mol. The van der Waals surface area contributed by atoms with Crippen molar-refractivity contribution < 1.29 is 0 Å². The Labute approximate surface area is 154 Å². The molecule has 1 rings (SSSR count). The van der Waals surface area contributed by atoms with Crippen molar-refractivity contribution in [1.29, 1.82) is 0 Å². The fourth-order valence-corrected chi connectivity index (χ4v) is 2.02. The first kappa shape index (κ1) is 21.5. The Morgan fingerprint density at radius 3 is 1.28 bits per heavy atom. The van der Waals surface area contributed by atoms with Crippen LogP contribution in [0.25, 0.3) is 0 Å². The van der Waals surface area contributed by atoms with Crippen LogP contribution < -0.4 is 16.0 Å². The van der Waals surface area contributed by atoms with Gasteiger partial charge in [0.15, 0.2) is 0 Å². The summed E-state index contributed by atoms with van der Waals surface area (Å²) in [6, 6.07) is 0. The van der Waals surface area contributed by atoms with Gasteiger partial charge < -0.3 is 16.0 Å². The number of hydrogen-bond donors (Lipinski definition) is 3. The lowest BCUT2D eigenvalue weighted by Crippen LogP contribution is -2.28. The van der Waals surface area contributed by atoms with Crippen molar-refractivity contribution in [2.24, 2.45) is 10.8 Å². The van der Waals surface area contributed by atoms with E-state index in [4.69, 9.17) is 0 Å². The molecule has 0 bridgehead atoms. The highest BCUT2D eigenvalue weighted by Crippen LogP contribution is 2.20. The van der Waals surface area contributed by atoms with Crippen molar-refractivity contribution in [3.63, 3.8) is 0 Å². The molecule has 0 spiro atoms. The van der Waals surface area contributed by atoms with E-state index in [2.05, 4.69) is 93.2 Å². The summed E-state index contributed by atoms with van der Waals surface area (Å²) in [5.74, 6) is 1.83. The van der Waals surface area contributed by atoms with Crippen LogP contribution in [0.2, 0.25) is 0 Å². The summed E-state index contributed by atoms with van der Waals surface area (Å²) in [4.78, 5) is 13.5. The summed E-state index contributed by atoms with van der Waals surface area (Å²) in [7, 11) is 0. The van der Waals surface area contributed by atoms with Crippen LogP contribution in [0.15, 0.2) is 0 Å². The molecule has 6 nitrogen and oxygen atoms in total. The predicted octanol–water partition coefficient (Wildman–Crippen LogP) is 4.78. The van der Waals surface area contributed by atoms with Crippen molar-refractivity contribution in [3.05, 3.63) is 0 Å². The van der Waals surface area contributed by atoms with Gasteiger partial charge in [-0.3, -0.25) is 0 Å². The second-order valence-electron chi connectivity index (χ2n) is 10.2. The summed E-state index contributed by atoms with van der Waals surface area (Å²) in [5.41, 5.74) is 0.452. The van der Waals surface area contributed by atoms with Crippen molar-refractivity contribution >= 4 is 17.8 Å². The predicted molar refractivity (Wildman–Crippen MR) is 108 cm³/mol. The largest absolute Gasteiger partial charge is 0.354 e. The molecule has 0 amide bonds. The van der Waals surface area contributed by atoms with E-state index in [0.717, 1.165) is 25.9 Å². The standard InChI is InChI=1S/C19H38N6/c1-17(2,3)10-12-20-14-22-15(21-13-11-18(4,5)6)24-16(23-14)25-19(7,8)9/h10-13H2,1-9H3,(H3,20,21,22,23,24,25). The maximum Gasteiger partial charge on any atom is 0.229 e. The fraction of sp³-hybridized carbons (Fsp3) is 0.842. The third kappa shape index (κ3) is 10.8. The molecule has 1 aromatic rings. The molecule has 6 heteroatoms. The second-order valence-corrected chi connectivity index (χ2v) is 10.2. The third-order valence-electron chi connectivity index (χ3n) is 3.44. The molecule has 0 unspecified atom stereocenters. The first-order chi connectivity index (χ1) is 11.2. The topological polar surface area (TPSA) is 74.8 Å². The van der Waals surface area contributed by atoms with E-state index in [1.54, 1.807) is 0 Å². The van der Waals surface area contributed by atoms with Crippen LogP contribution in [0, 0.1) is 10.8 Å². The minimum atomic E-state index is -0.104. The number of rotatable bonds is 7. The average molecular weight is 351 g/mol. The van der Waals surface area contributed by atoms with Crippen molar-refractivity contribution in [2.45, 2.75) is 80.7 Å². The fourth-order valence-electron chi connectivity index (χ4n) is 2.02. The van der Waals surface area contributed by atoms with E-state index in [9.17, 15) is 0 Å². The smallest absolute Gasteiger partial charge is 0.229 e. The second kappa shape index (κ2) is 8.19. The van der Waals surface area contributed by atoms with Crippen LogP contribution >= 0.6 is 0 Å². The molecule has 1 heterocycles. The quantitative estimate of drug-likeness (QED) is 0.657. The van der Waals surface area contributed by atoms with Crippen molar-refractivity contribution in [3.8, 4) is 0 Å². The zero-order chi connectivity index (χ0) is 19.3. The van der Waals surface area contributed by atoms with Gasteiger partial charge in [-0.25, -0.2) is 0 Å². The third-order valence-corrected chi connectivity index (χ3v) is 3.44. The molecule has 3 N–H and O–H groups in total. The molecule has 144 valence electrons. The van der Waals surface area contributed by atoms with Gasteiger partial charge >= 0.3 is 0 Å². The molecule has 0 aromatic carbocycles. The summed E-state index contributed by atoms with van der Waals surface area (Å²) in [6.07, 6.45) is 2.10. The Balaban J connectivity index is 2.83. The summed E-state index contributed by atoms with van der Waals surface area (Å²) >= 11 is 0. The first-order valence-electron chi connectivity index (χ1n) is 9.26. The minimum absolute atomic E-state index is 0.104. The van der Waals surface area contributed by atoms with E-state index >= 15 is 0 Å². The van der Waals surface area contributed by atoms with Gasteiger partial charge in [-0.1, -0.05) is 41.5 Å². The molecule has 0 aliphatic rings. The highest BCUT2D eigenvalue weighted by molar-refractivity contribution is 5.43. The zero-order valence-corrected chi connectivity index (χ0v) is 17.7. The summed E-state index contributed by atoms with van der Waals surface area (Å²) in [5, 5.41) is 10.00. The molecule has 0 saturated heterocycles. The number of aromatic nitrogens is 3. The van der Waals surface area contributed by atoms with E-state index in [1.165, 1.54) is 0 Å². The Hall–Kier alpha value is -1.59. The van der Waals surface area contributed by atoms with Crippen LogP contribution in [-0.2, 0) is 0 Å². The van der Waals surface area contributed by atoms with E-state index in [1.807, 2.05) is 0 Å². The van der Waals surface area contributed by atoms with Gasteiger partial charge in [0.05, 0.1) is 0 Å². The van der Waals surface area contributed by atoms with Crippen LogP contribution in [0.1, 0.15) is 75.2 Å². The highest BCUT2D eigenvalue weighted by atomic mass is 15.3. The molecule has 0 fully saturated rings. The van der Waals surface area contributed by atoms with Crippen molar-refractivity contribution in [1.82, 2.24) is 15.0 Å². The number of nitrogens with one attached hydrogen (secondary N) is 3. The average Bonchev–Trinajstić information content (AvgIpc) is 2.33. The van der Waals surface area contributed by atoms with E-state index in [0.29, 0.717) is 17.8 Å². The summed E-state index contributed by atoms with van der Waals surface area (Å²) < 4.78 is 0. The molecule has 0 radical (unpaired) electrons. The normalized spacial score (nSPS) is 12.8. The van der Waals surface area contributed by atoms with Crippen LogP contribution in [0.4, 0.5) is 17.8 Å². The van der Waals surface area contributed by atoms with Gasteiger partial charge in [-0.15, -0.1) is 0 Å². The minimum Gasteiger partial charge on any atom is -0.354 e. The van der Waals surface area contributed by atoms with Gasteiger partial charge in [-0.05, 0) is 44.4 Å². The molecular formula is C19H38N6. The first-order valence-corrected chi connectivity index (χ1v) is 9.26. The van der Waals surface area contributed by atoms with E-state index in [-0.39, 0.29) is 16.4 Å². The lowest BCUT2D eigenvalue weighted by molar-refractivity contribution is 0.389. The molecule has 0 saturated carbocycles. The van der Waals surface area contributed by atoms with Crippen LogP contribution in [0.3, 0.4) is 0 Å². The summed E-state index contributed by atoms with van der Waals surface area (Å²) in [6.45, 7) is 21.3. The molecule has 0 atom stereocenters. The van der Waals surface area contributed by atoms with Gasteiger partial charge in [-0.2, -0.15) is 15.0 Å². The number of hydrogen-bond acceptors (Lipinski definition) is 6. The Kier molecular flexibility index (Phi) is 7.03.